The molecule has 1 amide bonds. The SMILES string of the molecule is CC1CN(C2C(=O)Nc3ccccc3N=C2c2ccccc2)CC(C)O1. The van der Waals surface area contributed by atoms with Crippen molar-refractivity contribution in [2.24, 2.45) is 4.99 Å². The van der Waals surface area contributed by atoms with Crippen molar-refractivity contribution in [1.29, 1.82) is 0 Å². The van der Waals surface area contributed by atoms with Gasteiger partial charge < -0.3 is 10.1 Å². The average Bonchev–Trinajstić information content (AvgIpc) is 2.77. The molecule has 0 bridgehead atoms. The van der Waals surface area contributed by atoms with Crippen LogP contribution in [0.25, 0.3) is 0 Å². The van der Waals surface area contributed by atoms with Gasteiger partial charge in [-0.2, -0.15) is 0 Å². The second-order valence-electron chi connectivity index (χ2n) is 6.98. The number of hydrogen-bond acceptors (Lipinski definition) is 4. The number of fused-ring (bicyclic) bond motifs is 1. The van der Waals surface area contributed by atoms with Crippen LogP contribution in [-0.4, -0.2) is 47.9 Å². The molecule has 1 N–H and O–H groups in total. The maximum Gasteiger partial charge on any atom is 0.248 e. The molecule has 1 saturated heterocycles. The van der Waals surface area contributed by atoms with E-state index in [0.29, 0.717) is 13.1 Å². The van der Waals surface area contributed by atoms with Gasteiger partial charge in [0.2, 0.25) is 5.91 Å². The Morgan fingerprint density at radius 3 is 2.38 bits per heavy atom. The molecule has 0 radical (unpaired) electrons. The number of nitrogens with zero attached hydrogens (tertiary/aromatic N) is 2. The predicted octanol–water partition coefficient (Wildman–Crippen LogP) is 3.24. The van der Waals surface area contributed by atoms with Gasteiger partial charge >= 0.3 is 0 Å². The largest absolute Gasteiger partial charge is 0.373 e. The highest BCUT2D eigenvalue weighted by Gasteiger charge is 2.37. The van der Waals surface area contributed by atoms with Crippen molar-refractivity contribution in [3.05, 3.63) is 60.2 Å². The average molecular weight is 349 g/mol. The summed E-state index contributed by atoms with van der Waals surface area (Å²) in [6.07, 6.45) is 0.156. The van der Waals surface area contributed by atoms with Gasteiger partial charge in [0.1, 0.15) is 6.04 Å². The van der Waals surface area contributed by atoms with Crippen LogP contribution < -0.4 is 5.32 Å². The maximum absolute atomic E-state index is 13.2. The van der Waals surface area contributed by atoms with E-state index in [1.165, 1.54) is 0 Å². The highest BCUT2D eigenvalue weighted by molar-refractivity contribution is 6.22. The summed E-state index contributed by atoms with van der Waals surface area (Å²) in [5.41, 5.74) is 3.30. The summed E-state index contributed by atoms with van der Waals surface area (Å²) in [7, 11) is 0. The molecule has 1 fully saturated rings. The van der Waals surface area contributed by atoms with Crippen molar-refractivity contribution in [2.45, 2.75) is 32.1 Å². The number of nitrogens with one attached hydrogen (secondary N) is 1. The van der Waals surface area contributed by atoms with Gasteiger partial charge in [-0.25, -0.2) is 4.99 Å². The molecule has 0 spiro atoms. The van der Waals surface area contributed by atoms with Crippen LogP contribution in [-0.2, 0) is 9.53 Å². The van der Waals surface area contributed by atoms with Crippen LogP contribution in [0.3, 0.4) is 0 Å². The molecule has 4 rings (SSSR count). The third kappa shape index (κ3) is 3.28. The third-order valence-electron chi connectivity index (χ3n) is 4.79. The summed E-state index contributed by atoms with van der Waals surface area (Å²) in [5.74, 6) is -0.0427. The molecule has 2 aliphatic rings. The van der Waals surface area contributed by atoms with Gasteiger partial charge in [-0.1, -0.05) is 42.5 Å². The van der Waals surface area contributed by atoms with Crippen LogP contribution in [0.5, 0.6) is 0 Å². The minimum absolute atomic E-state index is 0.0427. The van der Waals surface area contributed by atoms with Gasteiger partial charge in [-0.15, -0.1) is 0 Å². The monoisotopic (exact) mass is 349 g/mol. The fourth-order valence-electron chi connectivity index (χ4n) is 3.79. The van der Waals surface area contributed by atoms with Crippen LogP contribution >= 0.6 is 0 Å². The molecule has 3 unspecified atom stereocenters. The summed E-state index contributed by atoms with van der Waals surface area (Å²) in [5, 5.41) is 3.06. The molecule has 2 aliphatic heterocycles. The molecular weight excluding hydrogens is 326 g/mol. The van der Waals surface area contributed by atoms with Crippen LogP contribution in [0, 0.1) is 0 Å². The van der Waals surface area contributed by atoms with E-state index in [-0.39, 0.29) is 18.1 Å². The number of para-hydroxylation sites is 2. The van der Waals surface area contributed by atoms with Gasteiger partial charge in [0.25, 0.3) is 0 Å². The first kappa shape index (κ1) is 16.9. The second kappa shape index (κ2) is 7.02. The smallest absolute Gasteiger partial charge is 0.248 e. The number of aliphatic imine (C=N–C) groups is 1. The highest BCUT2D eigenvalue weighted by Crippen LogP contribution is 2.30. The minimum atomic E-state index is -0.446. The third-order valence-corrected chi connectivity index (χ3v) is 4.79. The molecule has 2 aromatic carbocycles. The fourth-order valence-corrected chi connectivity index (χ4v) is 3.79. The lowest BCUT2D eigenvalue weighted by Gasteiger charge is -2.39. The lowest BCUT2D eigenvalue weighted by molar-refractivity contribution is -0.124. The van der Waals surface area contributed by atoms with Crippen LogP contribution in [0.2, 0.25) is 0 Å². The van der Waals surface area contributed by atoms with Crippen molar-refractivity contribution in [2.75, 3.05) is 18.4 Å². The van der Waals surface area contributed by atoms with Crippen LogP contribution in [0.15, 0.2) is 59.6 Å². The zero-order valence-electron chi connectivity index (χ0n) is 15.1. The Balaban J connectivity index is 1.82. The first-order valence-corrected chi connectivity index (χ1v) is 9.05. The van der Waals surface area contributed by atoms with Crippen molar-refractivity contribution < 1.29 is 9.53 Å². The Morgan fingerprint density at radius 1 is 1.00 bits per heavy atom. The van der Waals surface area contributed by atoms with E-state index < -0.39 is 6.04 Å². The van der Waals surface area contributed by atoms with Gasteiger partial charge in [0.05, 0.1) is 29.3 Å². The fraction of sp³-hybridized carbons (Fsp3) is 0.333. The summed E-state index contributed by atoms with van der Waals surface area (Å²) in [6, 6.07) is 17.2. The predicted molar refractivity (Wildman–Crippen MR) is 103 cm³/mol. The first-order valence-electron chi connectivity index (χ1n) is 9.05. The summed E-state index contributed by atoms with van der Waals surface area (Å²) in [4.78, 5) is 20.3. The number of anilines is 1. The van der Waals surface area contributed by atoms with E-state index in [2.05, 4.69) is 10.2 Å². The van der Waals surface area contributed by atoms with Gasteiger partial charge in [0, 0.05) is 13.1 Å². The molecule has 0 aromatic heterocycles. The number of ether oxygens (including phenoxy) is 1. The van der Waals surface area contributed by atoms with E-state index in [9.17, 15) is 4.79 Å². The van der Waals surface area contributed by atoms with E-state index in [4.69, 9.17) is 9.73 Å². The van der Waals surface area contributed by atoms with Crippen LogP contribution in [0.1, 0.15) is 19.4 Å². The summed E-state index contributed by atoms with van der Waals surface area (Å²) >= 11 is 0. The Bertz CT molecular complexity index is 824. The van der Waals surface area contributed by atoms with E-state index in [1.807, 2.05) is 68.4 Å². The number of morpholine rings is 1. The molecule has 2 aromatic rings. The zero-order valence-corrected chi connectivity index (χ0v) is 15.1. The van der Waals surface area contributed by atoms with Crippen molar-refractivity contribution in [3.8, 4) is 0 Å². The molecule has 0 aliphatic carbocycles. The van der Waals surface area contributed by atoms with E-state index >= 15 is 0 Å². The van der Waals surface area contributed by atoms with Crippen molar-refractivity contribution in [1.82, 2.24) is 4.90 Å². The van der Waals surface area contributed by atoms with Crippen LogP contribution in [0.4, 0.5) is 11.4 Å². The summed E-state index contributed by atoms with van der Waals surface area (Å²) in [6.45, 7) is 5.49. The molecule has 3 atom stereocenters. The summed E-state index contributed by atoms with van der Waals surface area (Å²) < 4.78 is 5.86. The second-order valence-corrected chi connectivity index (χ2v) is 6.98. The molecular formula is C21H23N3O2. The number of benzene rings is 2. The molecule has 0 saturated carbocycles. The molecule has 26 heavy (non-hydrogen) atoms. The standard InChI is InChI=1S/C21H23N3O2/c1-14-12-24(13-15(2)26-14)20-19(16-8-4-3-5-9-16)22-17-10-6-7-11-18(17)23-21(20)25/h3-11,14-15,20H,12-13H2,1-2H3,(H,23,25). The number of amides is 1. The first-order chi connectivity index (χ1) is 12.6. The van der Waals surface area contributed by atoms with E-state index in [1.54, 1.807) is 0 Å². The van der Waals surface area contributed by atoms with Crippen molar-refractivity contribution in [3.63, 3.8) is 0 Å². The lowest BCUT2D eigenvalue weighted by Crippen LogP contribution is -2.56. The number of hydrogen-bond donors (Lipinski definition) is 1. The maximum atomic E-state index is 13.2. The topological polar surface area (TPSA) is 53.9 Å². The number of rotatable bonds is 2. The van der Waals surface area contributed by atoms with Gasteiger partial charge in [-0.05, 0) is 31.5 Å². The highest BCUT2D eigenvalue weighted by atomic mass is 16.5. The molecule has 5 nitrogen and oxygen atoms in total. The molecule has 5 heteroatoms. The Morgan fingerprint density at radius 2 is 1.65 bits per heavy atom. The number of carbonyl (C=O) groups is 1. The van der Waals surface area contributed by atoms with E-state index in [0.717, 1.165) is 22.6 Å². The Kier molecular flexibility index (Phi) is 4.57. The minimum Gasteiger partial charge on any atom is -0.373 e. The quantitative estimate of drug-likeness (QED) is 0.906. The lowest BCUT2D eigenvalue weighted by atomic mass is 9.99. The van der Waals surface area contributed by atoms with Crippen molar-refractivity contribution >= 4 is 23.0 Å². The Hall–Kier alpha value is -2.50. The normalized spacial score (nSPS) is 26.5. The van der Waals surface area contributed by atoms with Gasteiger partial charge in [-0.3, -0.25) is 9.69 Å². The molecule has 134 valence electrons. The van der Waals surface area contributed by atoms with Gasteiger partial charge in [0.15, 0.2) is 0 Å². The molecule has 2 heterocycles. The Labute approximate surface area is 153 Å². The zero-order chi connectivity index (χ0) is 18.1. The number of carbonyl (C=O) groups excluding carboxylic acids is 1.